The summed E-state index contributed by atoms with van der Waals surface area (Å²) in [4.78, 5) is 35.4. The van der Waals surface area contributed by atoms with Crippen molar-refractivity contribution in [2.24, 2.45) is 0 Å². The average molecular weight is 572 g/mol. The van der Waals surface area contributed by atoms with Gasteiger partial charge in [-0.15, -0.1) is 0 Å². The van der Waals surface area contributed by atoms with Crippen LogP contribution >= 0.6 is 0 Å². The van der Waals surface area contributed by atoms with Crippen LogP contribution in [0.4, 0.5) is 42.2 Å². The van der Waals surface area contributed by atoms with Crippen molar-refractivity contribution in [1.29, 1.82) is 0 Å². The number of nitrogens with two attached hydrogens (primary N) is 1. The second-order valence-electron chi connectivity index (χ2n) is 8.75. The SMILES string of the molecule is C[C@@H](CCCn1cnc2cc(-c3cnc(C(F)(F)F)c(N)n3)c(F)cc2c1=O)Nc1cn[nH]c(=O)c1C(F)(F)F. The molecule has 0 bridgehead atoms. The first-order chi connectivity index (χ1) is 18.7. The fourth-order valence-electron chi connectivity index (χ4n) is 3.98. The van der Waals surface area contributed by atoms with Gasteiger partial charge < -0.3 is 11.1 Å². The Kier molecular flexibility index (Phi) is 7.49. The first-order valence-corrected chi connectivity index (χ1v) is 11.5. The van der Waals surface area contributed by atoms with Crippen LogP contribution in [0.15, 0.2) is 40.4 Å². The second-order valence-corrected chi connectivity index (χ2v) is 8.75. The van der Waals surface area contributed by atoms with Crippen LogP contribution in [-0.4, -0.2) is 35.8 Å². The minimum Gasteiger partial charge on any atom is -0.382 e. The topological polar surface area (TPSA) is 144 Å². The van der Waals surface area contributed by atoms with E-state index in [4.69, 9.17) is 5.73 Å². The van der Waals surface area contributed by atoms with Crippen molar-refractivity contribution in [1.82, 2.24) is 29.7 Å². The first-order valence-electron chi connectivity index (χ1n) is 11.5. The van der Waals surface area contributed by atoms with Crippen LogP contribution in [0.2, 0.25) is 0 Å². The summed E-state index contributed by atoms with van der Waals surface area (Å²) in [7, 11) is 0. The number of aromatic nitrogens is 6. The molecule has 40 heavy (non-hydrogen) atoms. The van der Waals surface area contributed by atoms with Gasteiger partial charge in [-0.2, -0.15) is 31.4 Å². The molecule has 212 valence electrons. The largest absolute Gasteiger partial charge is 0.437 e. The molecule has 4 N–H and O–H groups in total. The zero-order chi connectivity index (χ0) is 29.4. The van der Waals surface area contributed by atoms with Gasteiger partial charge in [0.1, 0.15) is 11.4 Å². The Hall–Kier alpha value is -4.57. The Morgan fingerprint density at radius 1 is 1.07 bits per heavy atom. The lowest BCUT2D eigenvalue weighted by Crippen LogP contribution is -2.27. The van der Waals surface area contributed by atoms with E-state index in [2.05, 4.69) is 25.4 Å². The normalized spacial score (nSPS) is 13.0. The molecule has 1 aromatic carbocycles. The van der Waals surface area contributed by atoms with Crippen LogP contribution in [0.1, 0.15) is 31.0 Å². The van der Waals surface area contributed by atoms with E-state index in [1.807, 2.05) is 0 Å². The van der Waals surface area contributed by atoms with Gasteiger partial charge in [0.25, 0.3) is 11.1 Å². The first kappa shape index (κ1) is 28.4. The van der Waals surface area contributed by atoms with Crippen LogP contribution in [0.5, 0.6) is 0 Å². The summed E-state index contributed by atoms with van der Waals surface area (Å²) in [6.45, 7) is 1.66. The van der Waals surface area contributed by atoms with Crippen LogP contribution in [0, 0.1) is 5.82 Å². The van der Waals surface area contributed by atoms with Crippen LogP contribution < -0.4 is 22.2 Å². The third-order valence-electron chi connectivity index (χ3n) is 5.83. The van der Waals surface area contributed by atoms with Gasteiger partial charge in [-0.05, 0) is 31.9 Å². The number of anilines is 2. The predicted octanol–water partition coefficient (Wildman–Crippen LogP) is 3.98. The lowest BCUT2D eigenvalue weighted by atomic mass is 10.1. The van der Waals surface area contributed by atoms with Crippen molar-refractivity contribution in [3.8, 4) is 11.3 Å². The lowest BCUT2D eigenvalue weighted by molar-refractivity contribution is -0.140. The molecule has 1 atom stereocenters. The van der Waals surface area contributed by atoms with E-state index in [0.717, 1.165) is 18.3 Å². The third kappa shape index (κ3) is 5.86. The molecule has 3 aromatic heterocycles. The molecular weight excluding hydrogens is 553 g/mol. The molecule has 0 amide bonds. The van der Waals surface area contributed by atoms with Gasteiger partial charge in [-0.25, -0.2) is 24.4 Å². The molecule has 0 aliphatic rings. The molecular formula is C23H19F7N8O2. The van der Waals surface area contributed by atoms with E-state index < -0.39 is 58.1 Å². The molecule has 0 spiro atoms. The number of nitrogens with zero attached hydrogens (tertiary/aromatic N) is 5. The summed E-state index contributed by atoms with van der Waals surface area (Å²) in [6, 6.07) is 1.45. The zero-order valence-electron chi connectivity index (χ0n) is 20.4. The summed E-state index contributed by atoms with van der Waals surface area (Å²) in [5.41, 5.74) is -0.500. The highest BCUT2D eigenvalue weighted by Crippen LogP contribution is 2.33. The van der Waals surface area contributed by atoms with Crippen molar-refractivity contribution in [2.45, 2.75) is 44.7 Å². The van der Waals surface area contributed by atoms with Crippen molar-refractivity contribution >= 4 is 22.4 Å². The number of hydrogen-bond acceptors (Lipinski definition) is 8. The summed E-state index contributed by atoms with van der Waals surface area (Å²) in [5.74, 6) is -1.91. The maximum Gasteiger partial charge on any atom is 0.437 e. The standard InChI is InChI=1S/C23H19F7N8O2/c1-10(35-16-8-34-37-20(39)17(16)22(25,26)27)3-2-4-38-9-33-14-6-11(13(24)5-12(14)21(38)40)15-7-32-18(19(31)36-15)23(28,29)30/h5-10H,2-4H2,1H3,(H2,31,36)(H2,35,37,39)/t10-/m0/s1. The van der Waals surface area contributed by atoms with Crippen LogP contribution in [0.3, 0.4) is 0 Å². The van der Waals surface area contributed by atoms with E-state index in [-0.39, 0.29) is 35.1 Å². The smallest absolute Gasteiger partial charge is 0.382 e. The van der Waals surface area contributed by atoms with Gasteiger partial charge in [0.15, 0.2) is 11.5 Å². The Bertz CT molecular complexity index is 1680. The number of H-pyrrole nitrogens is 1. The van der Waals surface area contributed by atoms with Crippen LogP contribution in [0.25, 0.3) is 22.2 Å². The van der Waals surface area contributed by atoms with Crippen molar-refractivity contribution in [3.63, 3.8) is 0 Å². The molecule has 4 rings (SSSR count). The molecule has 0 aliphatic heterocycles. The van der Waals surface area contributed by atoms with E-state index in [1.54, 1.807) is 12.0 Å². The summed E-state index contributed by atoms with van der Waals surface area (Å²) < 4.78 is 94.4. The fourth-order valence-corrected chi connectivity index (χ4v) is 3.98. The molecule has 0 fully saturated rings. The monoisotopic (exact) mass is 572 g/mol. The van der Waals surface area contributed by atoms with Gasteiger partial charge in [0.2, 0.25) is 0 Å². The Balaban J connectivity index is 1.50. The number of nitrogen functional groups attached to an aromatic ring is 1. The van der Waals surface area contributed by atoms with Crippen molar-refractivity contribution < 1.29 is 30.7 Å². The highest BCUT2D eigenvalue weighted by Gasteiger charge is 2.38. The number of fused-ring (bicyclic) bond motifs is 1. The number of hydrogen-bond donors (Lipinski definition) is 3. The van der Waals surface area contributed by atoms with Gasteiger partial charge in [0.05, 0.1) is 41.0 Å². The highest BCUT2D eigenvalue weighted by atomic mass is 19.4. The van der Waals surface area contributed by atoms with Gasteiger partial charge in [0, 0.05) is 18.2 Å². The number of nitrogens with one attached hydrogen (secondary N) is 2. The average Bonchev–Trinajstić information content (AvgIpc) is 2.84. The Labute approximate surface area is 219 Å². The molecule has 4 aromatic rings. The number of halogens is 7. The summed E-state index contributed by atoms with van der Waals surface area (Å²) in [6.07, 6.45) is -6.44. The quantitative estimate of drug-likeness (QED) is 0.282. The van der Waals surface area contributed by atoms with E-state index in [1.165, 1.54) is 10.9 Å². The Morgan fingerprint density at radius 3 is 2.45 bits per heavy atom. The van der Waals surface area contributed by atoms with Gasteiger partial charge in [-0.1, -0.05) is 0 Å². The Morgan fingerprint density at radius 2 is 1.80 bits per heavy atom. The number of aryl methyl sites for hydroxylation is 1. The van der Waals surface area contributed by atoms with E-state index in [9.17, 15) is 40.3 Å². The maximum absolute atomic E-state index is 14.9. The molecule has 10 nitrogen and oxygen atoms in total. The van der Waals surface area contributed by atoms with Crippen LogP contribution in [-0.2, 0) is 18.9 Å². The van der Waals surface area contributed by atoms with Gasteiger partial charge >= 0.3 is 12.4 Å². The van der Waals surface area contributed by atoms with Crippen molar-refractivity contribution in [3.05, 3.63) is 68.6 Å². The van der Waals surface area contributed by atoms with E-state index >= 15 is 0 Å². The predicted molar refractivity (Wildman–Crippen MR) is 129 cm³/mol. The molecule has 17 heteroatoms. The molecule has 0 unspecified atom stereocenters. The second kappa shape index (κ2) is 10.5. The van der Waals surface area contributed by atoms with Gasteiger partial charge in [-0.3, -0.25) is 14.2 Å². The highest BCUT2D eigenvalue weighted by molar-refractivity contribution is 5.83. The fraction of sp³-hybridized carbons (Fsp3) is 0.304. The molecule has 0 radical (unpaired) electrons. The third-order valence-corrected chi connectivity index (χ3v) is 5.83. The lowest BCUT2D eigenvalue weighted by Gasteiger charge is -2.18. The number of aromatic amines is 1. The van der Waals surface area contributed by atoms with Crippen molar-refractivity contribution in [2.75, 3.05) is 11.1 Å². The van der Waals surface area contributed by atoms with E-state index in [0.29, 0.717) is 12.6 Å². The summed E-state index contributed by atoms with van der Waals surface area (Å²) in [5, 5.41) is 7.61. The molecule has 0 saturated carbocycles. The minimum atomic E-state index is -4.90. The zero-order valence-corrected chi connectivity index (χ0v) is 20.4. The number of rotatable bonds is 7. The maximum atomic E-state index is 14.9. The number of alkyl halides is 6. The molecule has 3 heterocycles. The number of benzene rings is 1. The summed E-state index contributed by atoms with van der Waals surface area (Å²) >= 11 is 0. The minimum absolute atomic E-state index is 0.0365. The molecule has 0 aliphatic carbocycles. The molecule has 0 saturated heterocycles.